The Morgan fingerprint density at radius 1 is 1.19 bits per heavy atom. The molecule has 1 saturated carbocycles. The second kappa shape index (κ2) is 6.34. The fourth-order valence-electron chi connectivity index (χ4n) is 3.79. The molecule has 2 aliphatic rings. The molecule has 2 fully saturated rings. The lowest BCUT2D eigenvalue weighted by atomic mass is 9.76. The second-order valence-corrected chi connectivity index (χ2v) is 7.33. The Morgan fingerprint density at radius 2 is 1.86 bits per heavy atom. The van der Waals surface area contributed by atoms with E-state index in [0.29, 0.717) is 25.2 Å². The normalized spacial score (nSPS) is 29.9. The topological polar surface area (TPSA) is 83.6 Å². The highest BCUT2D eigenvalue weighted by Crippen LogP contribution is 2.38. The highest BCUT2D eigenvalue weighted by atomic mass is 16.4. The summed E-state index contributed by atoms with van der Waals surface area (Å²) in [6, 6.07) is -0.514. The first-order chi connectivity index (χ1) is 9.79. The first kappa shape index (κ1) is 16.3. The predicted molar refractivity (Wildman–Crippen MR) is 80.8 cm³/mol. The number of fused-ring (bicyclic) bond motifs is 1. The molecule has 0 spiro atoms. The van der Waals surface area contributed by atoms with E-state index in [0.717, 1.165) is 25.7 Å². The summed E-state index contributed by atoms with van der Waals surface area (Å²) in [5.74, 6) is -0.402. The third-order valence-corrected chi connectivity index (χ3v) is 4.93. The standard InChI is InChI=1S/C16H28N2O3/c1-16(2,17)10-9-14(19)18-12-6-4-3-5-11(12)7-8-13(18)15(20)21/h11-13H,3-10,17H2,1-2H3,(H,20,21). The van der Waals surface area contributed by atoms with E-state index in [-0.39, 0.29) is 11.9 Å². The number of carbonyl (C=O) groups is 2. The van der Waals surface area contributed by atoms with Crippen molar-refractivity contribution < 1.29 is 14.7 Å². The summed E-state index contributed by atoms with van der Waals surface area (Å²) in [4.78, 5) is 25.8. The van der Waals surface area contributed by atoms with Gasteiger partial charge in [-0.3, -0.25) is 4.79 Å². The van der Waals surface area contributed by atoms with Crippen LogP contribution in [0.25, 0.3) is 0 Å². The van der Waals surface area contributed by atoms with Gasteiger partial charge < -0.3 is 15.7 Å². The molecule has 5 nitrogen and oxygen atoms in total. The Morgan fingerprint density at radius 3 is 2.48 bits per heavy atom. The average Bonchev–Trinajstić information content (AvgIpc) is 2.42. The minimum atomic E-state index is -0.862. The largest absolute Gasteiger partial charge is 0.480 e. The number of nitrogens with two attached hydrogens (primary N) is 1. The highest BCUT2D eigenvalue weighted by Gasteiger charge is 2.43. The van der Waals surface area contributed by atoms with Crippen molar-refractivity contribution in [3.63, 3.8) is 0 Å². The number of nitrogens with zero attached hydrogens (tertiary/aromatic N) is 1. The first-order valence-corrected chi connectivity index (χ1v) is 8.12. The van der Waals surface area contributed by atoms with E-state index in [1.807, 2.05) is 13.8 Å². The number of hydrogen-bond donors (Lipinski definition) is 2. The van der Waals surface area contributed by atoms with Crippen LogP contribution in [-0.4, -0.2) is 39.5 Å². The van der Waals surface area contributed by atoms with E-state index in [1.54, 1.807) is 4.90 Å². The van der Waals surface area contributed by atoms with Crippen molar-refractivity contribution in [1.82, 2.24) is 4.90 Å². The molecule has 0 aromatic rings. The summed E-state index contributed by atoms with van der Waals surface area (Å²) in [6.45, 7) is 3.79. The highest BCUT2D eigenvalue weighted by molar-refractivity contribution is 5.84. The Balaban J connectivity index is 2.12. The summed E-state index contributed by atoms with van der Waals surface area (Å²) < 4.78 is 0. The predicted octanol–water partition coefficient (Wildman–Crippen LogP) is 2.14. The van der Waals surface area contributed by atoms with Gasteiger partial charge in [0.2, 0.25) is 5.91 Å². The fraction of sp³-hybridized carbons (Fsp3) is 0.875. The molecule has 1 amide bonds. The van der Waals surface area contributed by atoms with Gasteiger partial charge in [0.05, 0.1) is 0 Å². The van der Waals surface area contributed by atoms with Crippen LogP contribution in [0.5, 0.6) is 0 Å². The quantitative estimate of drug-likeness (QED) is 0.832. The fourth-order valence-corrected chi connectivity index (χ4v) is 3.79. The van der Waals surface area contributed by atoms with Gasteiger partial charge in [-0.05, 0) is 51.9 Å². The van der Waals surface area contributed by atoms with Crippen molar-refractivity contribution in [2.45, 2.75) is 82.8 Å². The molecule has 1 saturated heterocycles. The van der Waals surface area contributed by atoms with Gasteiger partial charge in [-0.25, -0.2) is 4.79 Å². The summed E-state index contributed by atoms with van der Waals surface area (Å²) in [5.41, 5.74) is 5.56. The lowest BCUT2D eigenvalue weighted by Crippen LogP contribution is -2.57. The zero-order chi connectivity index (χ0) is 15.6. The Labute approximate surface area is 126 Å². The van der Waals surface area contributed by atoms with Gasteiger partial charge in [0.25, 0.3) is 0 Å². The molecule has 0 radical (unpaired) electrons. The number of carbonyl (C=O) groups excluding carboxylic acids is 1. The van der Waals surface area contributed by atoms with Crippen molar-refractivity contribution in [1.29, 1.82) is 0 Å². The maximum Gasteiger partial charge on any atom is 0.326 e. The van der Waals surface area contributed by atoms with Crippen LogP contribution in [-0.2, 0) is 9.59 Å². The summed E-state index contributed by atoms with van der Waals surface area (Å²) in [7, 11) is 0. The molecule has 1 aliphatic carbocycles. The van der Waals surface area contributed by atoms with Crippen molar-refractivity contribution in [2.75, 3.05) is 0 Å². The SMILES string of the molecule is CC(C)(N)CCC(=O)N1C(C(=O)O)CCC2CCCCC21. The summed E-state index contributed by atoms with van der Waals surface area (Å²) >= 11 is 0. The van der Waals surface area contributed by atoms with Crippen LogP contribution >= 0.6 is 0 Å². The molecular formula is C16H28N2O3. The molecule has 3 N–H and O–H groups in total. The Hall–Kier alpha value is -1.10. The number of aliphatic carboxylic acids is 1. The molecule has 1 heterocycles. The van der Waals surface area contributed by atoms with E-state index in [2.05, 4.69) is 0 Å². The van der Waals surface area contributed by atoms with Gasteiger partial charge in [-0.2, -0.15) is 0 Å². The van der Waals surface area contributed by atoms with Gasteiger partial charge >= 0.3 is 5.97 Å². The molecule has 2 rings (SSSR count). The zero-order valence-corrected chi connectivity index (χ0v) is 13.2. The Kier molecular flexibility index (Phi) is 4.91. The molecule has 21 heavy (non-hydrogen) atoms. The van der Waals surface area contributed by atoms with Crippen molar-refractivity contribution in [2.24, 2.45) is 11.7 Å². The number of amides is 1. The number of carboxylic acid groups (broad SMARTS) is 1. The van der Waals surface area contributed by atoms with Crippen LogP contribution in [0.15, 0.2) is 0 Å². The van der Waals surface area contributed by atoms with Gasteiger partial charge in [0.1, 0.15) is 6.04 Å². The maximum absolute atomic E-state index is 12.6. The third kappa shape index (κ3) is 3.96. The van der Waals surface area contributed by atoms with E-state index in [9.17, 15) is 14.7 Å². The molecule has 0 aromatic heterocycles. The third-order valence-electron chi connectivity index (χ3n) is 4.93. The molecule has 1 aliphatic heterocycles. The van der Waals surface area contributed by atoms with Crippen molar-refractivity contribution in [3.8, 4) is 0 Å². The summed E-state index contributed by atoms with van der Waals surface area (Å²) in [6.07, 6.45) is 6.84. The van der Waals surface area contributed by atoms with E-state index < -0.39 is 17.6 Å². The van der Waals surface area contributed by atoms with E-state index >= 15 is 0 Å². The molecule has 3 atom stereocenters. The van der Waals surface area contributed by atoms with Crippen LogP contribution in [0.2, 0.25) is 0 Å². The molecule has 3 unspecified atom stereocenters. The van der Waals surface area contributed by atoms with Crippen molar-refractivity contribution >= 4 is 11.9 Å². The Bertz CT molecular complexity index is 403. The van der Waals surface area contributed by atoms with E-state index in [4.69, 9.17) is 5.73 Å². The number of likely N-dealkylation sites (tertiary alicyclic amines) is 1. The van der Waals surface area contributed by atoms with Crippen LogP contribution < -0.4 is 5.73 Å². The molecule has 5 heteroatoms. The molecule has 0 bridgehead atoms. The van der Waals surface area contributed by atoms with Crippen LogP contribution in [0.1, 0.15) is 65.2 Å². The minimum absolute atomic E-state index is 0.0301. The summed E-state index contributed by atoms with van der Waals surface area (Å²) in [5, 5.41) is 9.46. The maximum atomic E-state index is 12.6. The smallest absolute Gasteiger partial charge is 0.326 e. The van der Waals surface area contributed by atoms with E-state index in [1.165, 1.54) is 6.42 Å². The van der Waals surface area contributed by atoms with Gasteiger partial charge in [-0.1, -0.05) is 12.8 Å². The number of piperidine rings is 1. The molecule has 0 aromatic carbocycles. The second-order valence-electron chi connectivity index (χ2n) is 7.33. The number of hydrogen-bond acceptors (Lipinski definition) is 3. The van der Waals surface area contributed by atoms with Crippen LogP contribution in [0.4, 0.5) is 0 Å². The lowest BCUT2D eigenvalue weighted by molar-refractivity contribution is -0.158. The zero-order valence-electron chi connectivity index (χ0n) is 13.2. The molecule has 120 valence electrons. The van der Waals surface area contributed by atoms with Crippen LogP contribution in [0, 0.1) is 5.92 Å². The lowest BCUT2D eigenvalue weighted by Gasteiger charge is -2.47. The average molecular weight is 296 g/mol. The van der Waals surface area contributed by atoms with Gasteiger partial charge in [0, 0.05) is 18.0 Å². The monoisotopic (exact) mass is 296 g/mol. The van der Waals surface area contributed by atoms with Crippen LogP contribution in [0.3, 0.4) is 0 Å². The van der Waals surface area contributed by atoms with Gasteiger partial charge in [-0.15, -0.1) is 0 Å². The van der Waals surface area contributed by atoms with Gasteiger partial charge in [0.15, 0.2) is 0 Å². The minimum Gasteiger partial charge on any atom is -0.480 e. The number of carboxylic acids is 1. The van der Waals surface area contributed by atoms with Crippen molar-refractivity contribution in [3.05, 3.63) is 0 Å². The molecular weight excluding hydrogens is 268 g/mol. The first-order valence-electron chi connectivity index (χ1n) is 8.12. The number of rotatable bonds is 4.